The monoisotopic (exact) mass is 230 g/mol. The van der Waals surface area contributed by atoms with E-state index in [0.717, 1.165) is 10.6 Å². The molecule has 0 bridgehead atoms. The van der Waals surface area contributed by atoms with E-state index in [0.29, 0.717) is 5.75 Å². The van der Waals surface area contributed by atoms with Crippen LogP contribution >= 0.6 is 23.4 Å². The molecule has 0 fully saturated rings. The van der Waals surface area contributed by atoms with Crippen LogP contribution in [0.25, 0.3) is 0 Å². The molecular formula is C10H11ClO2S. The molecule has 4 heteroatoms. The van der Waals surface area contributed by atoms with Gasteiger partial charge in [-0.2, -0.15) is 0 Å². The van der Waals surface area contributed by atoms with E-state index in [4.69, 9.17) is 16.3 Å². The molecule has 0 spiro atoms. The molecule has 1 rings (SSSR count). The molecule has 0 aliphatic carbocycles. The highest BCUT2D eigenvalue weighted by Crippen LogP contribution is 2.22. The number of rotatable bonds is 5. The Balaban J connectivity index is 2.54. The summed E-state index contributed by atoms with van der Waals surface area (Å²) < 4.78 is 5.06. The minimum Gasteiger partial charge on any atom is -0.497 e. The SMILES string of the molecule is COc1cccc(SCC(=O)CCl)c1. The average Bonchev–Trinajstić information content (AvgIpc) is 2.26. The second kappa shape index (κ2) is 5.94. The van der Waals surface area contributed by atoms with Gasteiger partial charge in [-0.25, -0.2) is 0 Å². The summed E-state index contributed by atoms with van der Waals surface area (Å²) in [6.07, 6.45) is 0. The van der Waals surface area contributed by atoms with Crippen LogP contribution in [0.2, 0.25) is 0 Å². The number of ketones is 1. The number of methoxy groups -OCH3 is 1. The van der Waals surface area contributed by atoms with Crippen LogP contribution in [-0.4, -0.2) is 24.5 Å². The number of hydrogen-bond donors (Lipinski definition) is 0. The van der Waals surface area contributed by atoms with Gasteiger partial charge in [0, 0.05) is 4.90 Å². The molecule has 0 N–H and O–H groups in total. The standard InChI is InChI=1S/C10H11ClO2S/c1-13-9-3-2-4-10(5-9)14-7-8(12)6-11/h2-5H,6-7H2,1H3. The van der Waals surface area contributed by atoms with Gasteiger partial charge in [0.1, 0.15) is 5.75 Å². The van der Waals surface area contributed by atoms with Crippen molar-refractivity contribution in [1.82, 2.24) is 0 Å². The predicted molar refractivity (Wildman–Crippen MR) is 59.4 cm³/mol. The van der Waals surface area contributed by atoms with E-state index >= 15 is 0 Å². The Morgan fingerprint density at radius 3 is 3.00 bits per heavy atom. The number of Topliss-reactive ketones (excluding diaryl/α,β-unsaturated/α-hetero) is 1. The van der Waals surface area contributed by atoms with Gasteiger partial charge in [0.15, 0.2) is 5.78 Å². The highest BCUT2D eigenvalue weighted by molar-refractivity contribution is 8.00. The quantitative estimate of drug-likeness (QED) is 0.575. The molecule has 0 aliphatic rings. The van der Waals surface area contributed by atoms with E-state index < -0.39 is 0 Å². The third-order valence-electron chi connectivity index (χ3n) is 1.59. The van der Waals surface area contributed by atoms with E-state index in [1.54, 1.807) is 7.11 Å². The van der Waals surface area contributed by atoms with Gasteiger partial charge in [-0.15, -0.1) is 23.4 Å². The van der Waals surface area contributed by atoms with E-state index in [1.807, 2.05) is 24.3 Å². The van der Waals surface area contributed by atoms with Crippen LogP contribution in [0.4, 0.5) is 0 Å². The molecule has 0 heterocycles. The molecule has 0 amide bonds. The first-order valence-electron chi connectivity index (χ1n) is 4.11. The zero-order valence-corrected chi connectivity index (χ0v) is 9.40. The maximum atomic E-state index is 11.0. The maximum absolute atomic E-state index is 11.0. The number of alkyl halides is 1. The van der Waals surface area contributed by atoms with Crippen molar-refractivity contribution in [3.05, 3.63) is 24.3 Å². The third kappa shape index (κ3) is 3.60. The lowest BCUT2D eigenvalue weighted by molar-refractivity contribution is -0.114. The van der Waals surface area contributed by atoms with Crippen molar-refractivity contribution in [1.29, 1.82) is 0 Å². The fourth-order valence-corrected chi connectivity index (χ4v) is 1.90. The summed E-state index contributed by atoms with van der Waals surface area (Å²) in [6, 6.07) is 7.60. The van der Waals surface area contributed by atoms with Crippen LogP contribution in [0.15, 0.2) is 29.2 Å². The summed E-state index contributed by atoms with van der Waals surface area (Å²) in [5, 5.41) is 0. The van der Waals surface area contributed by atoms with Crippen LogP contribution in [0.5, 0.6) is 5.75 Å². The van der Waals surface area contributed by atoms with Crippen molar-refractivity contribution in [3.8, 4) is 5.75 Å². The Labute approximate surface area is 92.6 Å². The number of carbonyl (C=O) groups is 1. The molecule has 0 saturated heterocycles. The first-order valence-corrected chi connectivity index (χ1v) is 5.63. The lowest BCUT2D eigenvalue weighted by Gasteiger charge is -2.02. The van der Waals surface area contributed by atoms with Crippen molar-refractivity contribution in [3.63, 3.8) is 0 Å². The van der Waals surface area contributed by atoms with Gasteiger partial charge < -0.3 is 4.74 Å². The Morgan fingerprint density at radius 1 is 1.57 bits per heavy atom. The minimum absolute atomic E-state index is 0.0412. The summed E-state index contributed by atoms with van der Waals surface area (Å²) >= 11 is 6.86. The first-order chi connectivity index (χ1) is 6.76. The maximum Gasteiger partial charge on any atom is 0.157 e. The molecule has 14 heavy (non-hydrogen) atoms. The third-order valence-corrected chi connectivity index (χ3v) is 2.94. The smallest absolute Gasteiger partial charge is 0.157 e. The summed E-state index contributed by atoms with van der Waals surface area (Å²) in [7, 11) is 1.62. The summed E-state index contributed by atoms with van der Waals surface area (Å²) in [5.41, 5.74) is 0. The van der Waals surface area contributed by atoms with Crippen LogP contribution in [0.3, 0.4) is 0 Å². The highest BCUT2D eigenvalue weighted by atomic mass is 35.5. The Kier molecular flexibility index (Phi) is 4.84. The fraction of sp³-hybridized carbons (Fsp3) is 0.300. The molecule has 0 unspecified atom stereocenters. The fourth-order valence-electron chi connectivity index (χ4n) is 0.893. The minimum atomic E-state index is 0.0412. The van der Waals surface area contributed by atoms with Crippen LogP contribution in [0.1, 0.15) is 0 Å². The van der Waals surface area contributed by atoms with E-state index in [-0.39, 0.29) is 11.7 Å². The lowest BCUT2D eigenvalue weighted by atomic mass is 10.3. The van der Waals surface area contributed by atoms with Crippen molar-refractivity contribution >= 4 is 29.1 Å². The Morgan fingerprint density at radius 2 is 2.36 bits per heavy atom. The van der Waals surface area contributed by atoms with Gasteiger partial charge >= 0.3 is 0 Å². The molecule has 0 aromatic heterocycles. The van der Waals surface area contributed by atoms with Gasteiger partial charge in [-0.3, -0.25) is 4.79 Å². The van der Waals surface area contributed by atoms with E-state index in [2.05, 4.69) is 0 Å². The van der Waals surface area contributed by atoms with Crippen LogP contribution in [0, 0.1) is 0 Å². The lowest BCUT2D eigenvalue weighted by Crippen LogP contribution is -2.01. The molecule has 76 valence electrons. The largest absolute Gasteiger partial charge is 0.497 e. The number of thioether (sulfide) groups is 1. The molecule has 1 aromatic carbocycles. The Bertz CT molecular complexity index is 315. The van der Waals surface area contributed by atoms with E-state index in [9.17, 15) is 4.79 Å². The van der Waals surface area contributed by atoms with Gasteiger partial charge in [0.05, 0.1) is 18.7 Å². The van der Waals surface area contributed by atoms with Crippen molar-refractivity contribution in [2.45, 2.75) is 4.90 Å². The Hall–Kier alpha value is -0.670. The molecule has 0 aliphatic heterocycles. The molecule has 0 radical (unpaired) electrons. The second-order valence-corrected chi connectivity index (χ2v) is 3.96. The van der Waals surface area contributed by atoms with Crippen molar-refractivity contribution in [2.75, 3.05) is 18.7 Å². The van der Waals surface area contributed by atoms with Crippen molar-refractivity contribution < 1.29 is 9.53 Å². The number of benzene rings is 1. The molecule has 0 saturated carbocycles. The van der Waals surface area contributed by atoms with Crippen molar-refractivity contribution in [2.24, 2.45) is 0 Å². The second-order valence-electron chi connectivity index (χ2n) is 2.64. The predicted octanol–water partition coefficient (Wildman–Crippen LogP) is 2.60. The van der Waals surface area contributed by atoms with Gasteiger partial charge in [-0.05, 0) is 18.2 Å². The van der Waals surface area contributed by atoms with Gasteiger partial charge in [0.25, 0.3) is 0 Å². The van der Waals surface area contributed by atoms with E-state index in [1.165, 1.54) is 11.8 Å². The topological polar surface area (TPSA) is 26.3 Å². The zero-order valence-electron chi connectivity index (χ0n) is 7.83. The van der Waals surface area contributed by atoms with Crippen LogP contribution < -0.4 is 4.74 Å². The normalized spacial score (nSPS) is 9.86. The summed E-state index contributed by atoms with van der Waals surface area (Å²) in [4.78, 5) is 12.0. The molecule has 1 aromatic rings. The van der Waals surface area contributed by atoms with Crippen LogP contribution in [-0.2, 0) is 4.79 Å². The number of carbonyl (C=O) groups excluding carboxylic acids is 1. The number of hydrogen-bond acceptors (Lipinski definition) is 3. The molecule has 2 nitrogen and oxygen atoms in total. The molecular weight excluding hydrogens is 220 g/mol. The average molecular weight is 231 g/mol. The number of ether oxygens (including phenoxy) is 1. The zero-order chi connectivity index (χ0) is 10.4. The highest BCUT2D eigenvalue weighted by Gasteiger charge is 2.01. The first kappa shape index (κ1) is 11.4. The number of halogens is 1. The van der Waals surface area contributed by atoms with Gasteiger partial charge in [-0.1, -0.05) is 6.07 Å². The molecule has 0 atom stereocenters. The van der Waals surface area contributed by atoms with Gasteiger partial charge in [0.2, 0.25) is 0 Å². The summed E-state index contributed by atoms with van der Waals surface area (Å²) in [6.45, 7) is 0. The summed E-state index contributed by atoms with van der Waals surface area (Å²) in [5.74, 6) is 1.33.